The van der Waals surface area contributed by atoms with Gasteiger partial charge in [0.25, 0.3) is 0 Å². The summed E-state index contributed by atoms with van der Waals surface area (Å²) in [6.07, 6.45) is 0.825. The first-order valence-electron chi connectivity index (χ1n) is 9.86. The molecule has 0 unspecified atom stereocenters. The normalized spacial score (nSPS) is 13.0. The van der Waals surface area contributed by atoms with Gasteiger partial charge in [-0.2, -0.15) is 0 Å². The molecule has 0 aliphatic heterocycles. The molecular formula is C25H23N3O2. The minimum Gasteiger partial charge on any atom is -0.419 e. The number of carbonyl (C=O) groups excluding carboxylic acids is 1. The molecule has 150 valence electrons. The third-order valence-corrected chi connectivity index (χ3v) is 5.02. The molecule has 0 fully saturated rings. The van der Waals surface area contributed by atoms with Crippen LogP contribution in [0.25, 0.3) is 11.5 Å². The van der Waals surface area contributed by atoms with E-state index in [0.717, 1.165) is 16.7 Å². The maximum atomic E-state index is 12.7. The number of rotatable bonds is 7. The lowest BCUT2D eigenvalue weighted by Crippen LogP contribution is -2.35. The van der Waals surface area contributed by atoms with Gasteiger partial charge in [0.15, 0.2) is 5.78 Å². The molecular weight excluding hydrogens is 374 g/mol. The van der Waals surface area contributed by atoms with Gasteiger partial charge in [-0.05, 0) is 30.5 Å². The monoisotopic (exact) mass is 397 g/mol. The smallest absolute Gasteiger partial charge is 0.248 e. The molecule has 1 atom stereocenters. The lowest BCUT2D eigenvalue weighted by atomic mass is 9.94. The van der Waals surface area contributed by atoms with Crippen molar-refractivity contribution in [2.75, 3.05) is 0 Å². The number of aromatic nitrogens is 2. The van der Waals surface area contributed by atoms with Crippen LogP contribution < -0.4 is 5.73 Å². The lowest BCUT2D eigenvalue weighted by molar-refractivity contribution is 0.0993. The second kappa shape index (κ2) is 8.43. The Morgan fingerprint density at radius 3 is 2.27 bits per heavy atom. The molecule has 0 amide bonds. The molecule has 0 radical (unpaired) electrons. The zero-order valence-corrected chi connectivity index (χ0v) is 16.8. The highest BCUT2D eigenvalue weighted by atomic mass is 16.4. The van der Waals surface area contributed by atoms with Crippen LogP contribution in [0.4, 0.5) is 0 Å². The van der Waals surface area contributed by atoms with Crippen molar-refractivity contribution in [2.24, 2.45) is 5.73 Å². The minimum absolute atomic E-state index is 0.0375. The van der Waals surface area contributed by atoms with E-state index in [1.54, 1.807) is 0 Å². The predicted octanol–water partition coefficient (Wildman–Crippen LogP) is 4.58. The molecule has 1 heterocycles. The van der Waals surface area contributed by atoms with Crippen molar-refractivity contribution in [3.63, 3.8) is 0 Å². The fourth-order valence-corrected chi connectivity index (χ4v) is 3.44. The Labute approximate surface area is 175 Å². The van der Waals surface area contributed by atoms with E-state index in [4.69, 9.17) is 10.2 Å². The van der Waals surface area contributed by atoms with Gasteiger partial charge in [0.1, 0.15) is 0 Å². The number of Topliss-reactive ketones (excluding diaryl/α,β-unsaturated/α-hetero) is 1. The fourth-order valence-electron chi connectivity index (χ4n) is 3.44. The Bertz CT molecular complexity index is 1140. The van der Waals surface area contributed by atoms with E-state index in [1.807, 2.05) is 91.9 Å². The molecule has 4 rings (SSSR count). The maximum Gasteiger partial charge on any atom is 0.248 e. The van der Waals surface area contributed by atoms with Crippen LogP contribution in [0, 0.1) is 0 Å². The van der Waals surface area contributed by atoms with Crippen LogP contribution in [0.15, 0.2) is 89.3 Å². The van der Waals surface area contributed by atoms with E-state index < -0.39 is 5.54 Å². The first kappa shape index (κ1) is 19.7. The minimum atomic E-state index is -0.804. The van der Waals surface area contributed by atoms with Crippen molar-refractivity contribution in [3.05, 3.63) is 108 Å². The third kappa shape index (κ3) is 4.36. The van der Waals surface area contributed by atoms with Gasteiger partial charge in [-0.25, -0.2) is 0 Å². The predicted molar refractivity (Wildman–Crippen MR) is 116 cm³/mol. The Kier molecular flexibility index (Phi) is 5.55. The topological polar surface area (TPSA) is 82.0 Å². The van der Waals surface area contributed by atoms with Crippen molar-refractivity contribution < 1.29 is 9.21 Å². The summed E-state index contributed by atoms with van der Waals surface area (Å²) in [5, 5.41) is 8.44. The molecule has 30 heavy (non-hydrogen) atoms. The van der Waals surface area contributed by atoms with Gasteiger partial charge < -0.3 is 10.2 Å². The molecule has 0 bridgehead atoms. The zero-order chi connectivity index (χ0) is 21.0. The highest BCUT2D eigenvalue weighted by Gasteiger charge is 2.29. The van der Waals surface area contributed by atoms with Crippen LogP contribution in [0.3, 0.4) is 0 Å². The highest BCUT2D eigenvalue weighted by molar-refractivity contribution is 5.98. The zero-order valence-electron chi connectivity index (χ0n) is 16.8. The lowest BCUT2D eigenvalue weighted by Gasteiger charge is -2.20. The second-order valence-electron chi connectivity index (χ2n) is 7.62. The molecule has 5 heteroatoms. The summed E-state index contributed by atoms with van der Waals surface area (Å²) in [7, 11) is 0. The molecule has 4 aromatic rings. The Morgan fingerprint density at radius 1 is 0.900 bits per heavy atom. The SMILES string of the molecule is C[C@@](N)(Cc1ccccc1)c1nnc(-c2ccccc2CC(=O)c2ccccc2)o1. The molecule has 0 saturated carbocycles. The van der Waals surface area contributed by atoms with Gasteiger partial charge in [-0.1, -0.05) is 78.9 Å². The Balaban J connectivity index is 1.59. The number of nitrogens with two attached hydrogens (primary N) is 1. The van der Waals surface area contributed by atoms with Crippen LogP contribution in [-0.4, -0.2) is 16.0 Å². The van der Waals surface area contributed by atoms with Crippen LogP contribution in [0.1, 0.15) is 34.3 Å². The van der Waals surface area contributed by atoms with E-state index in [2.05, 4.69) is 10.2 Å². The molecule has 0 aliphatic carbocycles. The molecule has 5 nitrogen and oxygen atoms in total. The van der Waals surface area contributed by atoms with Crippen LogP contribution in [0.2, 0.25) is 0 Å². The summed E-state index contributed by atoms with van der Waals surface area (Å²) in [4.78, 5) is 12.7. The van der Waals surface area contributed by atoms with E-state index in [9.17, 15) is 4.79 Å². The number of hydrogen-bond acceptors (Lipinski definition) is 5. The van der Waals surface area contributed by atoms with Crippen molar-refractivity contribution in [2.45, 2.75) is 25.3 Å². The van der Waals surface area contributed by atoms with Gasteiger partial charge in [-0.3, -0.25) is 4.79 Å². The number of hydrogen-bond donors (Lipinski definition) is 1. The largest absolute Gasteiger partial charge is 0.419 e. The summed E-state index contributed by atoms with van der Waals surface area (Å²) in [5.41, 5.74) is 9.05. The molecule has 3 aromatic carbocycles. The van der Waals surface area contributed by atoms with Gasteiger partial charge in [0.2, 0.25) is 11.8 Å². The van der Waals surface area contributed by atoms with Crippen LogP contribution in [-0.2, 0) is 18.4 Å². The number of ketones is 1. The summed E-state index contributed by atoms with van der Waals surface area (Å²) in [5.74, 6) is 0.771. The maximum absolute atomic E-state index is 12.7. The quantitative estimate of drug-likeness (QED) is 0.462. The summed E-state index contributed by atoms with van der Waals surface area (Å²) in [6, 6.07) is 26.8. The van der Waals surface area contributed by atoms with Gasteiger partial charge in [-0.15, -0.1) is 10.2 Å². The van der Waals surface area contributed by atoms with Crippen molar-refractivity contribution >= 4 is 5.78 Å². The number of carbonyl (C=O) groups is 1. The van der Waals surface area contributed by atoms with Crippen LogP contribution >= 0.6 is 0 Å². The van der Waals surface area contributed by atoms with Gasteiger partial charge in [0, 0.05) is 17.5 Å². The summed E-state index contributed by atoms with van der Waals surface area (Å²) < 4.78 is 5.98. The van der Waals surface area contributed by atoms with E-state index in [1.165, 1.54) is 0 Å². The van der Waals surface area contributed by atoms with Crippen molar-refractivity contribution in [3.8, 4) is 11.5 Å². The van der Waals surface area contributed by atoms with Gasteiger partial charge >= 0.3 is 0 Å². The first-order valence-corrected chi connectivity index (χ1v) is 9.86. The third-order valence-electron chi connectivity index (χ3n) is 5.02. The average Bonchev–Trinajstić information content (AvgIpc) is 3.26. The molecule has 0 aliphatic rings. The standard InChI is InChI=1S/C25H23N3O2/c1-25(26,17-18-10-4-2-5-11-18)24-28-27-23(30-24)21-15-9-8-14-20(21)16-22(29)19-12-6-3-7-13-19/h2-15H,16-17,26H2,1H3/t25-/m1/s1. The fraction of sp³-hybridized carbons (Fsp3) is 0.160. The average molecular weight is 397 g/mol. The van der Waals surface area contributed by atoms with E-state index >= 15 is 0 Å². The summed E-state index contributed by atoms with van der Waals surface area (Å²) >= 11 is 0. The Morgan fingerprint density at radius 2 is 1.53 bits per heavy atom. The van der Waals surface area contributed by atoms with Crippen LogP contribution in [0.5, 0.6) is 0 Å². The highest BCUT2D eigenvalue weighted by Crippen LogP contribution is 2.28. The van der Waals surface area contributed by atoms with Crippen molar-refractivity contribution in [1.29, 1.82) is 0 Å². The number of benzene rings is 3. The van der Waals surface area contributed by atoms with E-state index in [-0.39, 0.29) is 12.2 Å². The molecule has 1 aromatic heterocycles. The molecule has 0 saturated heterocycles. The first-order chi connectivity index (χ1) is 14.5. The molecule has 2 N–H and O–H groups in total. The summed E-state index contributed by atoms with van der Waals surface area (Å²) in [6.45, 7) is 1.88. The number of nitrogens with zero attached hydrogens (tertiary/aromatic N) is 2. The Hall–Kier alpha value is -3.57. The second-order valence-corrected chi connectivity index (χ2v) is 7.62. The van der Waals surface area contributed by atoms with E-state index in [0.29, 0.717) is 23.8 Å². The molecule has 0 spiro atoms. The van der Waals surface area contributed by atoms with Gasteiger partial charge in [0.05, 0.1) is 5.54 Å². The van der Waals surface area contributed by atoms with Crippen molar-refractivity contribution in [1.82, 2.24) is 10.2 Å².